The zero-order valence-corrected chi connectivity index (χ0v) is 12.5. The van der Waals surface area contributed by atoms with Crippen LogP contribution in [-0.2, 0) is 9.53 Å². The van der Waals surface area contributed by atoms with Crippen molar-refractivity contribution in [1.29, 1.82) is 0 Å². The molecule has 0 aliphatic carbocycles. The fraction of sp³-hybridized carbons (Fsp3) is 0.533. The number of aryl methyl sites for hydroxylation is 1. The number of hydrogen-bond donors (Lipinski definition) is 2. The summed E-state index contributed by atoms with van der Waals surface area (Å²) in [4.78, 5) is 12.4. The molecule has 1 fully saturated rings. The molecule has 1 saturated heterocycles. The lowest BCUT2D eigenvalue weighted by molar-refractivity contribution is -0.132. The second-order valence-electron chi connectivity index (χ2n) is 5.50. The van der Waals surface area contributed by atoms with Crippen LogP contribution in [0.4, 0.5) is 17.6 Å². The lowest BCUT2D eigenvalue weighted by atomic mass is 10.00. The van der Waals surface area contributed by atoms with Crippen LogP contribution in [0.25, 0.3) is 0 Å². The van der Waals surface area contributed by atoms with Gasteiger partial charge in [0.15, 0.2) is 0 Å². The highest BCUT2D eigenvalue weighted by Gasteiger charge is 2.32. The molecule has 2 rings (SSSR count). The van der Waals surface area contributed by atoms with Gasteiger partial charge in [-0.15, -0.1) is 0 Å². The van der Waals surface area contributed by atoms with Crippen molar-refractivity contribution >= 4 is 5.91 Å². The molecule has 2 N–H and O–H groups in total. The summed E-state index contributed by atoms with van der Waals surface area (Å²) in [6.07, 6.45) is -3.84. The van der Waals surface area contributed by atoms with Gasteiger partial charge in [-0.05, 0) is 36.6 Å². The second-order valence-corrected chi connectivity index (χ2v) is 5.50. The molecule has 23 heavy (non-hydrogen) atoms. The van der Waals surface area contributed by atoms with Crippen LogP contribution in [-0.4, -0.2) is 37.9 Å². The van der Waals surface area contributed by atoms with Crippen LogP contribution >= 0.6 is 0 Å². The SMILES string of the molecule is Cc1cc(F)ccc1C(NCC(F)(F)F)C(=O)NC1CCOC1. The first kappa shape index (κ1) is 17.7. The first-order chi connectivity index (χ1) is 10.8. The number of carbonyl (C=O) groups excluding carboxylic acids is 1. The number of hydrogen-bond acceptors (Lipinski definition) is 3. The maximum Gasteiger partial charge on any atom is 0.401 e. The molecule has 1 aliphatic heterocycles. The number of halogens is 4. The predicted octanol–water partition coefficient (Wildman–Crippen LogP) is 2.23. The third-order valence-corrected chi connectivity index (χ3v) is 3.59. The van der Waals surface area contributed by atoms with Crippen molar-refractivity contribution in [2.45, 2.75) is 31.6 Å². The Kier molecular flexibility index (Phi) is 5.59. The van der Waals surface area contributed by atoms with Gasteiger partial charge in [-0.1, -0.05) is 6.07 Å². The first-order valence-corrected chi connectivity index (χ1v) is 7.20. The molecule has 0 bridgehead atoms. The molecule has 0 aromatic heterocycles. The van der Waals surface area contributed by atoms with E-state index in [2.05, 4.69) is 10.6 Å². The molecule has 0 radical (unpaired) electrons. The highest BCUT2D eigenvalue weighted by atomic mass is 19.4. The van der Waals surface area contributed by atoms with E-state index in [1.807, 2.05) is 0 Å². The summed E-state index contributed by atoms with van der Waals surface area (Å²) in [5.41, 5.74) is 0.717. The Hall–Kier alpha value is -1.67. The van der Waals surface area contributed by atoms with Gasteiger partial charge in [0.1, 0.15) is 11.9 Å². The maximum atomic E-state index is 13.2. The topological polar surface area (TPSA) is 50.4 Å². The van der Waals surface area contributed by atoms with Crippen molar-refractivity contribution in [3.8, 4) is 0 Å². The molecular weight excluding hydrogens is 316 g/mol. The molecule has 1 aliphatic rings. The normalized spacial score (nSPS) is 19.6. The van der Waals surface area contributed by atoms with Gasteiger partial charge in [0, 0.05) is 6.61 Å². The van der Waals surface area contributed by atoms with Crippen molar-refractivity contribution in [3.63, 3.8) is 0 Å². The molecule has 4 nitrogen and oxygen atoms in total. The van der Waals surface area contributed by atoms with Crippen LogP contribution < -0.4 is 10.6 Å². The van der Waals surface area contributed by atoms with Crippen molar-refractivity contribution in [2.75, 3.05) is 19.8 Å². The van der Waals surface area contributed by atoms with Gasteiger partial charge in [-0.3, -0.25) is 10.1 Å². The average molecular weight is 334 g/mol. The number of benzene rings is 1. The first-order valence-electron chi connectivity index (χ1n) is 7.20. The van der Waals surface area contributed by atoms with E-state index in [0.717, 1.165) is 6.07 Å². The van der Waals surface area contributed by atoms with Crippen LogP contribution in [0.5, 0.6) is 0 Å². The zero-order chi connectivity index (χ0) is 17.0. The number of nitrogens with one attached hydrogen (secondary N) is 2. The minimum Gasteiger partial charge on any atom is -0.379 e. The average Bonchev–Trinajstić information content (AvgIpc) is 2.92. The van der Waals surface area contributed by atoms with E-state index in [1.54, 1.807) is 6.92 Å². The Morgan fingerprint density at radius 1 is 1.43 bits per heavy atom. The molecule has 1 aromatic rings. The van der Waals surface area contributed by atoms with E-state index in [4.69, 9.17) is 4.74 Å². The standard InChI is InChI=1S/C15H18F4N2O2/c1-9-6-10(16)2-3-12(9)13(20-8-15(17,18)19)14(22)21-11-4-5-23-7-11/h2-3,6,11,13,20H,4-5,7-8H2,1H3,(H,21,22). The van der Waals surface area contributed by atoms with E-state index < -0.39 is 30.5 Å². The van der Waals surface area contributed by atoms with Crippen LogP contribution in [0.15, 0.2) is 18.2 Å². The van der Waals surface area contributed by atoms with E-state index in [-0.39, 0.29) is 6.04 Å². The van der Waals surface area contributed by atoms with E-state index in [1.165, 1.54) is 12.1 Å². The Bertz CT molecular complexity index is 557. The number of amides is 1. The largest absolute Gasteiger partial charge is 0.401 e. The summed E-state index contributed by atoms with van der Waals surface area (Å²) < 4.78 is 55.8. The smallest absolute Gasteiger partial charge is 0.379 e. The van der Waals surface area contributed by atoms with Crippen molar-refractivity contribution < 1.29 is 27.1 Å². The summed E-state index contributed by atoms with van der Waals surface area (Å²) in [6, 6.07) is 2.19. The second kappa shape index (κ2) is 7.27. The number of carbonyl (C=O) groups is 1. The molecule has 128 valence electrons. The zero-order valence-electron chi connectivity index (χ0n) is 12.5. The van der Waals surface area contributed by atoms with E-state index >= 15 is 0 Å². The molecule has 2 unspecified atom stereocenters. The van der Waals surface area contributed by atoms with Crippen molar-refractivity contribution in [3.05, 3.63) is 35.1 Å². The van der Waals surface area contributed by atoms with Crippen LogP contribution in [0.3, 0.4) is 0 Å². The van der Waals surface area contributed by atoms with Gasteiger partial charge in [-0.2, -0.15) is 13.2 Å². The summed E-state index contributed by atoms with van der Waals surface area (Å²) in [5.74, 6) is -1.09. The van der Waals surface area contributed by atoms with E-state index in [9.17, 15) is 22.4 Å². The predicted molar refractivity (Wildman–Crippen MR) is 75.3 cm³/mol. The highest BCUT2D eigenvalue weighted by molar-refractivity contribution is 5.84. The summed E-state index contributed by atoms with van der Waals surface area (Å²) in [7, 11) is 0. The molecule has 1 aromatic carbocycles. The Labute approximate surface area is 131 Å². The molecule has 2 atom stereocenters. The quantitative estimate of drug-likeness (QED) is 0.812. The minimum absolute atomic E-state index is 0.224. The molecular formula is C15H18F4N2O2. The van der Waals surface area contributed by atoms with Gasteiger partial charge in [-0.25, -0.2) is 4.39 Å². The Morgan fingerprint density at radius 3 is 2.74 bits per heavy atom. The fourth-order valence-electron chi connectivity index (χ4n) is 2.46. The fourth-order valence-corrected chi connectivity index (χ4v) is 2.46. The lowest BCUT2D eigenvalue weighted by Gasteiger charge is -2.23. The summed E-state index contributed by atoms with van der Waals surface area (Å²) in [6.45, 7) is 1.07. The third kappa shape index (κ3) is 5.18. The van der Waals surface area contributed by atoms with Gasteiger partial charge < -0.3 is 10.1 Å². The summed E-state index contributed by atoms with van der Waals surface area (Å²) in [5, 5.41) is 4.88. The monoisotopic (exact) mass is 334 g/mol. The highest BCUT2D eigenvalue weighted by Crippen LogP contribution is 2.22. The summed E-state index contributed by atoms with van der Waals surface area (Å²) >= 11 is 0. The number of ether oxygens (including phenoxy) is 1. The van der Waals surface area contributed by atoms with E-state index in [0.29, 0.717) is 30.8 Å². The van der Waals surface area contributed by atoms with Gasteiger partial charge >= 0.3 is 6.18 Å². The number of alkyl halides is 3. The minimum atomic E-state index is -4.46. The van der Waals surface area contributed by atoms with Crippen molar-refractivity contribution in [2.24, 2.45) is 0 Å². The van der Waals surface area contributed by atoms with Crippen LogP contribution in [0, 0.1) is 12.7 Å². The lowest BCUT2D eigenvalue weighted by Crippen LogP contribution is -2.45. The van der Waals surface area contributed by atoms with Gasteiger partial charge in [0.05, 0.1) is 19.2 Å². The Balaban J connectivity index is 2.17. The molecule has 1 heterocycles. The van der Waals surface area contributed by atoms with Crippen LogP contribution in [0.1, 0.15) is 23.6 Å². The number of rotatable bonds is 5. The molecule has 8 heteroatoms. The maximum absolute atomic E-state index is 13.2. The third-order valence-electron chi connectivity index (χ3n) is 3.59. The molecule has 1 amide bonds. The Morgan fingerprint density at radius 2 is 2.17 bits per heavy atom. The molecule has 0 saturated carbocycles. The van der Waals surface area contributed by atoms with Gasteiger partial charge in [0.2, 0.25) is 5.91 Å². The van der Waals surface area contributed by atoms with Crippen molar-refractivity contribution in [1.82, 2.24) is 10.6 Å². The molecule has 0 spiro atoms. The van der Waals surface area contributed by atoms with Gasteiger partial charge in [0.25, 0.3) is 0 Å². The van der Waals surface area contributed by atoms with Crippen LogP contribution in [0.2, 0.25) is 0 Å².